The lowest BCUT2D eigenvalue weighted by atomic mass is 10.1. The van der Waals surface area contributed by atoms with Crippen LogP contribution in [0.4, 0.5) is 0 Å². The van der Waals surface area contributed by atoms with Crippen molar-refractivity contribution >= 4 is 5.91 Å². The monoisotopic (exact) mass is 311 g/mol. The van der Waals surface area contributed by atoms with Crippen molar-refractivity contribution in [1.29, 1.82) is 0 Å². The predicted molar refractivity (Wildman–Crippen MR) is 87.3 cm³/mol. The molecule has 1 atom stereocenters. The third-order valence-electron chi connectivity index (χ3n) is 3.93. The number of carbonyl (C=O) groups is 1. The van der Waals surface area contributed by atoms with Crippen molar-refractivity contribution in [1.82, 2.24) is 14.9 Å². The van der Waals surface area contributed by atoms with Gasteiger partial charge in [0.1, 0.15) is 6.10 Å². The van der Waals surface area contributed by atoms with Crippen LogP contribution in [0.5, 0.6) is 6.01 Å². The van der Waals surface area contributed by atoms with Crippen LogP contribution in [-0.2, 0) is 11.2 Å². The van der Waals surface area contributed by atoms with E-state index >= 15 is 0 Å². The van der Waals surface area contributed by atoms with E-state index in [0.29, 0.717) is 19.0 Å². The quantitative estimate of drug-likeness (QED) is 0.869. The molecule has 1 aromatic carbocycles. The molecule has 1 fully saturated rings. The number of carbonyl (C=O) groups excluding carboxylic acids is 1. The summed E-state index contributed by atoms with van der Waals surface area (Å²) in [5.41, 5.74) is 2.82. The standard InChI is InChI=1S/C18H21N3O2/c1-13-10-14(2)20-18(19-13)23-16-8-9-21(12-16)17(22)11-15-6-4-3-5-7-15/h3-7,10,16H,8-9,11-12H2,1-2H3. The summed E-state index contributed by atoms with van der Waals surface area (Å²) >= 11 is 0. The molecule has 5 nitrogen and oxygen atoms in total. The lowest BCUT2D eigenvalue weighted by molar-refractivity contribution is -0.129. The van der Waals surface area contributed by atoms with Gasteiger partial charge in [-0.25, -0.2) is 9.97 Å². The highest BCUT2D eigenvalue weighted by atomic mass is 16.5. The highest BCUT2D eigenvalue weighted by Gasteiger charge is 2.28. The third-order valence-corrected chi connectivity index (χ3v) is 3.93. The van der Waals surface area contributed by atoms with Crippen LogP contribution in [0.2, 0.25) is 0 Å². The molecule has 1 amide bonds. The zero-order valence-electron chi connectivity index (χ0n) is 13.5. The van der Waals surface area contributed by atoms with Crippen molar-refractivity contribution < 1.29 is 9.53 Å². The Hall–Kier alpha value is -2.43. The summed E-state index contributed by atoms with van der Waals surface area (Å²) in [6.07, 6.45) is 1.22. The summed E-state index contributed by atoms with van der Waals surface area (Å²) in [4.78, 5) is 22.8. The van der Waals surface area contributed by atoms with E-state index in [4.69, 9.17) is 4.74 Å². The molecule has 2 aromatic rings. The summed E-state index contributed by atoms with van der Waals surface area (Å²) in [7, 11) is 0. The number of amides is 1. The summed E-state index contributed by atoms with van der Waals surface area (Å²) in [5.74, 6) is 0.142. The highest BCUT2D eigenvalue weighted by molar-refractivity contribution is 5.79. The molecular formula is C18H21N3O2. The van der Waals surface area contributed by atoms with Gasteiger partial charge in [-0.3, -0.25) is 4.79 Å². The maximum absolute atomic E-state index is 12.4. The Morgan fingerprint density at radius 2 is 1.91 bits per heavy atom. The number of nitrogens with zero attached hydrogens (tertiary/aromatic N) is 3. The molecule has 1 aromatic heterocycles. The molecule has 1 aliphatic heterocycles. The van der Waals surface area contributed by atoms with Crippen molar-refractivity contribution in [3.8, 4) is 6.01 Å². The minimum absolute atomic E-state index is 0.0316. The number of rotatable bonds is 4. The molecule has 2 heterocycles. The number of benzene rings is 1. The first kappa shape index (κ1) is 15.5. The van der Waals surface area contributed by atoms with E-state index in [1.54, 1.807) is 0 Å². The van der Waals surface area contributed by atoms with Gasteiger partial charge < -0.3 is 9.64 Å². The minimum Gasteiger partial charge on any atom is -0.458 e. The smallest absolute Gasteiger partial charge is 0.317 e. The molecule has 0 spiro atoms. The molecule has 5 heteroatoms. The van der Waals surface area contributed by atoms with Gasteiger partial charge in [0.05, 0.1) is 13.0 Å². The van der Waals surface area contributed by atoms with E-state index in [0.717, 1.165) is 29.9 Å². The molecule has 0 saturated carbocycles. The van der Waals surface area contributed by atoms with Crippen LogP contribution in [-0.4, -0.2) is 40.0 Å². The second kappa shape index (κ2) is 6.77. The number of aromatic nitrogens is 2. The van der Waals surface area contributed by atoms with Gasteiger partial charge in [0.15, 0.2) is 0 Å². The first-order valence-electron chi connectivity index (χ1n) is 7.91. The maximum Gasteiger partial charge on any atom is 0.317 e. The minimum atomic E-state index is -0.0316. The average molecular weight is 311 g/mol. The van der Waals surface area contributed by atoms with Gasteiger partial charge in [-0.05, 0) is 25.5 Å². The van der Waals surface area contributed by atoms with Crippen molar-refractivity contribution in [2.45, 2.75) is 32.8 Å². The average Bonchev–Trinajstić information content (AvgIpc) is 2.96. The lowest BCUT2D eigenvalue weighted by Crippen LogP contribution is -2.32. The molecule has 3 rings (SSSR count). The molecule has 0 bridgehead atoms. The zero-order chi connectivity index (χ0) is 16.2. The molecule has 1 aliphatic rings. The van der Waals surface area contributed by atoms with Crippen molar-refractivity contribution in [3.63, 3.8) is 0 Å². The normalized spacial score (nSPS) is 17.3. The van der Waals surface area contributed by atoms with Gasteiger partial charge in [0.2, 0.25) is 5.91 Å². The van der Waals surface area contributed by atoms with E-state index in [9.17, 15) is 4.79 Å². The molecule has 23 heavy (non-hydrogen) atoms. The van der Waals surface area contributed by atoms with Crippen molar-refractivity contribution in [2.75, 3.05) is 13.1 Å². The van der Waals surface area contributed by atoms with E-state index in [1.165, 1.54) is 0 Å². The van der Waals surface area contributed by atoms with Gasteiger partial charge in [-0.15, -0.1) is 0 Å². The Morgan fingerprint density at radius 1 is 1.22 bits per heavy atom. The fourth-order valence-corrected chi connectivity index (χ4v) is 2.83. The van der Waals surface area contributed by atoms with Gasteiger partial charge >= 0.3 is 6.01 Å². The van der Waals surface area contributed by atoms with Crippen molar-refractivity contribution in [3.05, 3.63) is 53.3 Å². The largest absolute Gasteiger partial charge is 0.458 e. The van der Waals surface area contributed by atoms with Gasteiger partial charge in [-0.2, -0.15) is 0 Å². The number of hydrogen-bond donors (Lipinski definition) is 0. The zero-order valence-corrected chi connectivity index (χ0v) is 13.5. The Labute approximate surface area is 136 Å². The fraction of sp³-hybridized carbons (Fsp3) is 0.389. The van der Waals surface area contributed by atoms with Crippen LogP contribution in [0.25, 0.3) is 0 Å². The van der Waals surface area contributed by atoms with Crippen LogP contribution in [0, 0.1) is 13.8 Å². The molecular weight excluding hydrogens is 290 g/mol. The third kappa shape index (κ3) is 4.06. The van der Waals surface area contributed by atoms with Gasteiger partial charge in [-0.1, -0.05) is 30.3 Å². The molecule has 120 valence electrons. The first-order chi connectivity index (χ1) is 11.1. The fourth-order valence-electron chi connectivity index (χ4n) is 2.83. The summed E-state index contributed by atoms with van der Waals surface area (Å²) in [5, 5.41) is 0. The second-order valence-electron chi connectivity index (χ2n) is 5.96. The Kier molecular flexibility index (Phi) is 4.55. The number of ether oxygens (including phenoxy) is 1. The van der Waals surface area contributed by atoms with Crippen LogP contribution < -0.4 is 4.74 Å². The van der Waals surface area contributed by atoms with Gasteiger partial charge in [0.25, 0.3) is 0 Å². The van der Waals surface area contributed by atoms with Crippen LogP contribution >= 0.6 is 0 Å². The Bertz CT molecular complexity index is 668. The molecule has 1 saturated heterocycles. The van der Waals surface area contributed by atoms with E-state index < -0.39 is 0 Å². The topological polar surface area (TPSA) is 55.3 Å². The highest BCUT2D eigenvalue weighted by Crippen LogP contribution is 2.17. The number of likely N-dealkylation sites (tertiary alicyclic amines) is 1. The summed E-state index contributed by atoms with van der Waals surface area (Å²) in [6.45, 7) is 5.17. The van der Waals surface area contributed by atoms with Crippen LogP contribution in [0.15, 0.2) is 36.4 Å². The number of hydrogen-bond acceptors (Lipinski definition) is 4. The Morgan fingerprint density at radius 3 is 2.61 bits per heavy atom. The van der Waals surface area contributed by atoms with E-state index in [-0.39, 0.29) is 12.0 Å². The second-order valence-corrected chi connectivity index (χ2v) is 5.96. The Balaban J connectivity index is 1.56. The van der Waals surface area contributed by atoms with Crippen LogP contribution in [0.3, 0.4) is 0 Å². The summed E-state index contributed by atoms with van der Waals surface area (Å²) < 4.78 is 5.85. The molecule has 0 N–H and O–H groups in total. The maximum atomic E-state index is 12.4. The van der Waals surface area contributed by atoms with E-state index in [2.05, 4.69) is 9.97 Å². The predicted octanol–water partition coefficient (Wildman–Crippen LogP) is 2.32. The SMILES string of the molecule is Cc1cc(C)nc(OC2CCN(C(=O)Cc3ccccc3)C2)n1. The van der Waals surface area contributed by atoms with E-state index in [1.807, 2.05) is 55.1 Å². The van der Waals surface area contributed by atoms with Crippen molar-refractivity contribution in [2.24, 2.45) is 0 Å². The molecule has 0 radical (unpaired) electrons. The van der Waals surface area contributed by atoms with Gasteiger partial charge in [0, 0.05) is 24.4 Å². The summed E-state index contributed by atoms with van der Waals surface area (Å²) in [6, 6.07) is 12.1. The lowest BCUT2D eigenvalue weighted by Gasteiger charge is -2.17. The first-order valence-corrected chi connectivity index (χ1v) is 7.91. The molecule has 0 aliphatic carbocycles. The molecule has 1 unspecified atom stereocenters. The van der Waals surface area contributed by atoms with Crippen LogP contribution in [0.1, 0.15) is 23.4 Å². The number of aryl methyl sites for hydroxylation is 2.